The zero-order chi connectivity index (χ0) is 11.4. The summed E-state index contributed by atoms with van der Waals surface area (Å²) in [7, 11) is 0. The number of rotatable bonds is 3. The number of nitrogens with one attached hydrogen (secondary N) is 1. The highest BCUT2D eigenvalue weighted by Crippen LogP contribution is 2.10. The molecule has 1 aromatic heterocycles. The zero-order valence-corrected chi connectivity index (χ0v) is 8.31. The van der Waals surface area contributed by atoms with E-state index in [1.807, 2.05) is 6.07 Å². The molecule has 0 saturated heterocycles. The summed E-state index contributed by atoms with van der Waals surface area (Å²) < 4.78 is 18.5. The molecule has 0 amide bonds. The van der Waals surface area contributed by atoms with Crippen LogP contribution in [-0.2, 0) is 6.61 Å². The number of aromatic amines is 1. The SMILES string of the molecule is O=c1[nH]cnc(COc2ccccc2)c1F. The van der Waals surface area contributed by atoms with Crippen LogP contribution in [0.2, 0.25) is 0 Å². The summed E-state index contributed by atoms with van der Waals surface area (Å²) in [6.45, 7) is -0.0697. The summed E-state index contributed by atoms with van der Waals surface area (Å²) in [6, 6.07) is 8.93. The molecule has 5 heteroatoms. The molecule has 2 rings (SSSR count). The second kappa shape index (κ2) is 4.57. The van der Waals surface area contributed by atoms with E-state index in [-0.39, 0.29) is 12.3 Å². The number of aromatic nitrogens is 2. The fourth-order valence-corrected chi connectivity index (χ4v) is 1.19. The van der Waals surface area contributed by atoms with Crippen LogP contribution in [0.5, 0.6) is 5.75 Å². The normalized spacial score (nSPS) is 10.1. The molecule has 0 atom stereocenters. The second-order valence-corrected chi connectivity index (χ2v) is 3.09. The van der Waals surface area contributed by atoms with Crippen molar-refractivity contribution in [2.45, 2.75) is 6.61 Å². The molecule has 1 heterocycles. The highest BCUT2D eigenvalue weighted by molar-refractivity contribution is 5.21. The van der Waals surface area contributed by atoms with Crippen molar-refractivity contribution < 1.29 is 9.13 Å². The molecule has 1 aromatic carbocycles. The van der Waals surface area contributed by atoms with E-state index in [9.17, 15) is 9.18 Å². The van der Waals surface area contributed by atoms with Crippen molar-refractivity contribution in [2.24, 2.45) is 0 Å². The third kappa shape index (κ3) is 2.25. The topological polar surface area (TPSA) is 55.0 Å². The molecule has 4 nitrogen and oxygen atoms in total. The molecule has 0 saturated carbocycles. The Morgan fingerprint density at radius 2 is 2.06 bits per heavy atom. The van der Waals surface area contributed by atoms with Crippen molar-refractivity contribution in [1.82, 2.24) is 9.97 Å². The van der Waals surface area contributed by atoms with Crippen LogP contribution in [-0.4, -0.2) is 9.97 Å². The minimum Gasteiger partial charge on any atom is -0.487 e. The second-order valence-electron chi connectivity index (χ2n) is 3.09. The van der Waals surface area contributed by atoms with E-state index in [4.69, 9.17) is 4.74 Å². The highest BCUT2D eigenvalue weighted by atomic mass is 19.1. The van der Waals surface area contributed by atoms with E-state index in [0.717, 1.165) is 6.33 Å². The maximum atomic E-state index is 13.2. The van der Waals surface area contributed by atoms with E-state index >= 15 is 0 Å². The molecule has 0 aliphatic rings. The lowest BCUT2D eigenvalue weighted by molar-refractivity contribution is 0.293. The maximum Gasteiger partial charge on any atom is 0.287 e. The molecular weight excluding hydrogens is 211 g/mol. The first-order chi connectivity index (χ1) is 7.77. The van der Waals surface area contributed by atoms with Crippen molar-refractivity contribution in [3.63, 3.8) is 0 Å². The fourth-order valence-electron chi connectivity index (χ4n) is 1.19. The average Bonchev–Trinajstić information content (AvgIpc) is 2.32. The third-order valence-corrected chi connectivity index (χ3v) is 1.99. The number of nitrogens with zero attached hydrogens (tertiary/aromatic N) is 1. The van der Waals surface area contributed by atoms with Gasteiger partial charge in [-0.15, -0.1) is 0 Å². The molecule has 0 fully saturated rings. The Balaban J connectivity index is 2.11. The van der Waals surface area contributed by atoms with Crippen LogP contribution < -0.4 is 10.3 Å². The van der Waals surface area contributed by atoms with E-state index in [1.165, 1.54) is 0 Å². The van der Waals surface area contributed by atoms with Gasteiger partial charge < -0.3 is 9.72 Å². The van der Waals surface area contributed by atoms with Gasteiger partial charge in [0.05, 0.1) is 6.33 Å². The molecule has 0 bridgehead atoms. The lowest BCUT2D eigenvalue weighted by Crippen LogP contribution is -2.16. The first-order valence-electron chi connectivity index (χ1n) is 4.67. The lowest BCUT2D eigenvalue weighted by Gasteiger charge is -2.05. The monoisotopic (exact) mass is 220 g/mol. The average molecular weight is 220 g/mol. The van der Waals surface area contributed by atoms with Crippen molar-refractivity contribution in [2.75, 3.05) is 0 Å². The number of halogens is 1. The van der Waals surface area contributed by atoms with Crippen LogP contribution in [0, 0.1) is 5.82 Å². The number of ether oxygens (including phenoxy) is 1. The molecule has 0 aliphatic carbocycles. The van der Waals surface area contributed by atoms with Gasteiger partial charge in [0.1, 0.15) is 18.1 Å². The van der Waals surface area contributed by atoms with Gasteiger partial charge in [0.15, 0.2) is 0 Å². The van der Waals surface area contributed by atoms with Crippen LogP contribution >= 0.6 is 0 Å². The lowest BCUT2D eigenvalue weighted by atomic mass is 10.3. The molecule has 2 aromatic rings. The van der Waals surface area contributed by atoms with Gasteiger partial charge in [-0.25, -0.2) is 4.98 Å². The Labute approximate surface area is 90.7 Å². The van der Waals surface area contributed by atoms with Crippen molar-refractivity contribution >= 4 is 0 Å². The van der Waals surface area contributed by atoms with Crippen LogP contribution in [0.1, 0.15) is 5.69 Å². The smallest absolute Gasteiger partial charge is 0.287 e. The number of hydrogen-bond acceptors (Lipinski definition) is 3. The van der Waals surface area contributed by atoms with E-state index in [1.54, 1.807) is 24.3 Å². The van der Waals surface area contributed by atoms with Crippen LogP contribution in [0.25, 0.3) is 0 Å². The highest BCUT2D eigenvalue weighted by Gasteiger charge is 2.07. The number of hydrogen-bond donors (Lipinski definition) is 1. The first kappa shape index (κ1) is 10.4. The quantitative estimate of drug-likeness (QED) is 0.852. The largest absolute Gasteiger partial charge is 0.487 e. The summed E-state index contributed by atoms with van der Waals surface area (Å²) in [5, 5.41) is 0. The summed E-state index contributed by atoms with van der Waals surface area (Å²) in [6.07, 6.45) is 1.15. The predicted octanol–water partition coefficient (Wildman–Crippen LogP) is 1.49. The Bertz CT molecular complexity index is 525. The Morgan fingerprint density at radius 3 is 2.81 bits per heavy atom. The Hall–Kier alpha value is -2.17. The third-order valence-electron chi connectivity index (χ3n) is 1.99. The number of H-pyrrole nitrogens is 1. The van der Waals surface area contributed by atoms with Crippen LogP contribution in [0.4, 0.5) is 4.39 Å². The van der Waals surface area contributed by atoms with E-state index < -0.39 is 11.4 Å². The molecule has 1 N–H and O–H groups in total. The molecule has 0 unspecified atom stereocenters. The van der Waals surface area contributed by atoms with Gasteiger partial charge in [-0.3, -0.25) is 4.79 Å². The standard InChI is InChI=1S/C11H9FN2O2/c12-10-9(13-7-14-11(10)15)6-16-8-4-2-1-3-5-8/h1-5,7H,6H2,(H,13,14,15). The minimum atomic E-state index is -0.904. The molecule has 0 spiro atoms. The molecular formula is C11H9FN2O2. The summed E-state index contributed by atoms with van der Waals surface area (Å²) in [4.78, 5) is 16.8. The molecule has 0 aliphatic heterocycles. The van der Waals surface area contributed by atoms with Crippen molar-refractivity contribution in [1.29, 1.82) is 0 Å². The molecule has 0 radical (unpaired) electrons. The Kier molecular flexibility index (Phi) is 2.95. The van der Waals surface area contributed by atoms with Gasteiger partial charge in [0.25, 0.3) is 5.56 Å². The fraction of sp³-hybridized carbons (Fsp3) is 0.0909. The first-order valence-corrected chi connectivity index (χ1v) is 4.67. The summed E-state index contributed by atoms with van der Waals surface area (Å²) >= 11 is 0. The number of para-hydroxylation sites is 1. The van der Waals surface area contributed by atoms with Gasteiger partial charge in [0, 0.05) is 0 Å². The van der Waals surface area contributed by atoms with Crippen LogP contribution in [0.3, 0.4) is 0 Å². The van der Waals surface area contributed by atoms with Crippen LogP contribution in [0.15, 0.2) is 41.5 Å². The van der Waals surface area contributed by atoms with Crippen molar-refractivity contribution in [3.05, 3.63) is 58.5 Å². The molecule has 82 valence electrons. The van der Waals surface area contributed by atoms with Gasteiger partial charge in [-0.05, 0) is 12.1 Å². The van der Waals surface area contributed by atoms with E-state index in [2.05, 4.69) is 9.97 Å². The van der Waals surface area contributed by atoms with E-state index in [0.29, 0.717) is 5.75 Å². The Morgan fingerprint density at radius 1 is 1.31 bits per heavy atom. The predicted molar refractivity (Wildman–Crippen MR) is 55.6 cm³/mol. The summed E-state index contributed by atoms with van der Waals surface area (Å²) in [5.74, 6) is -0.303. The summed E-state index contributed by atoms with van der Waals surface area (Å²) in [5.41, 5.74) is -0.797. The van der Waals surface area contributed by atoms with Gasteiger partial charge >= 0.3 is 0 Å². The van der Waals surface area contributed by atoms with Gasteiger partial charge in [0.2, 0.25) is 5.82 Å². The van der Waals surface area contributed by atoms with Crippen molar-refractivity contribution in [3.8, 4) is 5.75 Å². The molecule has 16 heavy (non-hydrogen) atoms. The maximum absolute atomic E-state index is 13.2. The van der Waals surface area contributed by atoms with Gasteiger partial charge in [-0.1, -0.05) is 18.2 Å². The number of benzene rings is 1. The minimum absolute atomic E-state index is 0.00685. The van der Waals surface area contributed by atoms with Gasteiger partial charge in [-0.2, -0.15) is 4.39 Å². The zero-order valence-electron chi connectivity index (χ0n) is 8.31.